The summed E-state index contributed by atoms with van der Waals surface area (Å²) in [6, 6.07) is -0.516. The summed E-state index contributed by atoms with van der Waals surface area (Å²) in [5, 5.41) is 9.70. The van der Waals surface area contributed by atoms with Gasteiger partial charge in [0.05, 0.1) is 6.10 Å². The molecule has 3 rings (SSSR count). The summed E-state index contributed by atoms with van der Waals surface area (Å²) < 4.78 is 16.2. The van der Waals surface area contributed by atoms with Gasteiger partial charge in [0.1, 0.15) is 6.04 Å². The number of carbonyl (C=O) groups excluding carboxylic acids is 1. The molecule has 128 valence electrons. The topological polar surface area (TPSA) is 98.5 Å². The molecule has 2 aliphatic rings. The van der Waals surface area contributed by atoms with E-state index in [1.807, 2.05) is 0 Å². The van der Waals surface area contributed by atoms with E-state index in [1.54, 1.807) is 6.92 Å². The van der Waals surface area contributed by atoms with Crippen molar-refractivity contribution >= 4 is 6.03 Å². The van der Waals surface area contributed by atoms with Crippen LogP contribution in [0.1, 0.15) is 43.4 Å². The molecule has 0 aliphatic carbocycles. The van der Waals surface area contributed by atoms with Gasteiger partial charge in [0.2, 0.25) is 5.89 Å². The molecular weight excluding hydrogens is 300 g/mol. The van der Waals surface area contributed by atoms with Crippen LogP contribution in [0.2, 0.25) is 0 Å². The van der Waals surface area contributed by atoms with E-state index in [-0.39, 0.29) is 24.1 Å². The molecule has 8 nitrogen and oxygen atoms in total. The molecule has 2 amide bonds. The number of nitrogens with zero attached hydrogens (tertiary/aromatic N) is 2. The van der Waals surface area contributed by atoms with Crippen molar-refractivity contribution in [1.82, 2.24) is 20.8 Å². The lowest BCUT2D eigenvalue weighted by Gasteiger charge is -2.28. The number of aryl methyl sites for hydroxylation is 1. The third-order valence-electron chi connectivity index (χ3n) is 4.35. The fourth-order valence-corrected chi connectivity index (χ4v) is 3.07. The lowest BCUT2D eigenvalue weighted by Crippen LogP contribution is -2.44. The number of nitrogens with one attached hydrogen (secondary N) is 2. The molecule has 1 aromatic rings. The Balaban J connectivity index is 1.59. The zero-order chi connectivity index (χ0) is 16.1. The van der Waals surface area contributed by atoms with Crippen molar-refractivity contribution in [2.24, 2.45) is 5.92 Å². The third kappa shape index (κ3) is 4.42. The van der Waals surface area contributed by atoms with Crippen molar-refractivity contribution in [3.8, 4) is 0 Å². The molecule has 23 heavy (non-hydrogen) atoms. The molecule has 2 saturated heterocycles. The zero-order valence-electron chi connectivity index (χ0n) is 13.4. The molecule has 0 radical (unpaired) electrons. The standard InChI is InChI=1S/C15H24N4O4/c1-10-17-14(23-19-10)13(11-4-7-21-8-5-11)18-15(20)16-9-12-3-2-6-22-12/h11-13H,2-9H2,1H3,(H2,16,18,20)/t12-,13-/m1/s1. The van der Waals surface area contributed by atoms with Gasteiger partial charge in [-0.3, -0.25) is 0 Å². The fourth-order valence-electron chi connectivity index (χ4n) is 3.07. The molecular formula is C15H24N4O4. The van der Waals surface area contributed by atoms with E-state index < -0.39 is 0 Å². The third-order valence-corrected chi connectivity index (χ3v) is 4.35. The first-order valence-electron chi connectivity index (χ1n) is 8.26. The minimum atomic E-state index is -0.287. The molecule has 0 bridgehead atoms. The Labute approximate surface area is 135 Å². The Morgan fingerprint density at radius 1 is 1.30 bits per heavy atom. The highest BCUT2D eigenvalue weighted by Gasteiger charge is 2.31. The van der Waals surface area contributed by atoms with Gasteiger partial charge in [-0.15, -0.1) is 0 Å². The van der Waals surface area contributed by atoms with E-state index >= 15 is 0 Å². The smallest absolute Gasteiger partial charge is 0.315 e. The number of hydrogen-bond acceptors (Lipinski definition) is 6. The maximum Gasteiger partial charge on any atom is 0.315 e. The summed E-state index contributed by atoms with van der Waals surface area (Å²) in [7, 11) is 0. The molecule has 2 fully saturated rings. The van der Waals surface area contributed by atoms with Crippen LogP contribution in [-0.2, 0) is 9.47 Å². The number of amides is 2. The number of aromatic nitrogens is 2. The molecule has 8 heteroatoms. The minimum absolute atomic E-state index is 0.118. The van der Waals surface area contributed by atoms with Crippen molar-refractivity contribution in [2.45, 2.75) is 44.8 Å². The highest BCUT2D eigenvalue weighted by atomic mass is 16.5. The quantitative estimate of drug-likeness (QED) is 0.848. The average molecular weight is 324 g/mol. The predicted molar refractivity (Wildman–Crippen MR) is 80.8 cm³/mol. The SMILES string of the molecule is Cc1noc([C@H](NC(=O)NC[C@H]2CCCO2)C2CCOCC2)n1. The predicted octanol–water partition coefficient (Wildman–Crippen LogP) is 1.32. The van der Waals surface area contributed by atoms with Crippen LogP contribution in [0.4, 0.5) is 4.79 Å². The number of urea groups is 1. The van der Waals surface area contributed by atoms with Gasteiger partial charge >= 0.3 is 6.03 Å². The van der Waals surface area contributed by atoms with Crippen molar-refractivity contribution in [2.75, 3.05) is 26.4 Å². The van der Waals surface area contributed by atoms with Crippen LogP contribution in [0.15, 0.2) is 4.52 Å². The average Bonchev–Trinajstić information content (AvgIpc) is 3.23. The van der Waals surface area contributed by atoms with Crippen molar-refractivity contribution < 1.29 is 18.8 Å². The van der Waals surface area contributed by atoms with Gasteiger partial charge in [0.15, 0.2) is 5.82 Å². The molecule has 0 unspecified atom stereocenters. The number of rotatable bonds is 5. The lowest BCUT2D eigenvalue weighted by molar-refractivity contribution is 0.0501. The molecule has 0 saturated carbocycles. The van der Waals surface area contributed by atoms with Gasteiger partial charge in [-0.1, -0.05) is 5.16 Å². The normalized spacial score (nSPS) is 23.6. The first-order valence-corrected chi connectivity index (χ1v) is 8.26. The van der Waals surface area contributed by atoms with Gasteiger partial charge in [-0.2, -0.15) is 4.98 Å². The van der Waals surface area contributed by atoms with Gasteiger partial charge in [-0.05, 0) is 38.5 Å². The van der Waals surface area contributed by atoms with Gasteiger partial charge < -0.3 is 24.6 Å². The van der Waals surface area contributed by atoms with Crippen LogP contribution in [0.25, 0.3) is 0 Å². The maximum atomic E-state index is 12.2. The highest BCUT2D eigenvalue weighted by molar-refractivity contribution is 5.74. The molecule has 0 aromatic carbocycles. The Morgan fingerprint density at radius 2 is 2.13 bits per heavy atom. The number of hydrogen-bond donors (Lipinski definition) is 2. The zero-order valence-corrected chi connectivity index (χ0v) is 13.4. The lowest BCUT2D eigenvalue weighted by atomic mass is 9.91. The first kappa shape index (κ1) is 16.2. The molecule has 2 N–H and O–H groups in total. The van der Waals surface area contributed by atoms with E-state index in [4.69, 9.17) is 14.0 Å². The first-order chi connectivity index (χ1) is 11.2. The second-order valence-electron chi connectivity index (χ2n) is 6.10. The summed E-state index contributed by atoms with van der Waals surface area (Å²) in [6.45, 7) is 4.45. The minimum Gasteiger partial charge on any atom is -0.381 e. The fraction of sp³-hybridized carbons (Fsp3) is 0.800. The van der Waals surface area contributed by atoms with E-state index in [0.717, 1.165) is 32.3 Å². The van der Waals surface area contributed by atoms with Crippen LogP contribution in [0.5, 0.6) is 0 Å². The van der Waals surface area contributed by atoms with Gasteiger partial charge in [-0.25, -0.2) is 4.79 Å². The number of carbonyl (C=O) groups is 1. The molecule has 0 spiro atoms. The highest BCUT2D eigenvalue weighted by Crippen LogP contribution is 2.29. The Kier molecular flexibility index (Phi) is 5.45. The van der Waals surface area contributed by atoms with Crippen LogP contribution in [0.3, 0.4) is 0 Å². The molecule has 2 atom stereocenters. The van der Waals surface area contributed by atoms with Crippen LogP contribution in [-0.4, -0.2) is 48.6 Å². The van der Waals surface area contributed by atoms with Gasteiger partial charge in [0, 0.05) is 26.4 Å². The van der Waals surface area contributed by atoms with Crippen molar-refractivity contribution in [3.05, 3.63) is 11.7 Å². The second-order valence-corrected chi connectivity index (χ2v) is 6.10. The largest absolute Gasteiger partial charge is 0.381 e. The molecule has 2 aliphatic heterocycles. The van der Waals surface area contributed by atoms with Crippen molar-refractivity contribution in [3.63, 3.8) is 0 Å². The van der Waals surface area contributed by atoms with Crippen LogP contribution in [0, 0.1) is 12.8 Å². The monoisotopic (exact) mass is 324 g/mol. The van der Waals surface area contributed by atoms with E-state index in [1.165, 1.54) is 0 Å². The van der Waals surface area contributed by atoms with Crippen LogP contribution < -0.4 is 10.6 Å². The summed E-state index contributed by atoms with van der Waals surface area (Å²) in [4.78, 5) is 16.5. The van der Waals surface area contributed by atoms with Gasteiger partial charge in [0.25, 0.3) is 0 Å². The second kappa shape index (κ2) is 7.74. The summed E-state index contributed by atoms with van der Waals surface area (Å²) in [5.74, 6) is 1.26. The Bertz CT molecular complexity index is 509. The van der Waals surface area contributed by atoms with Crippen molar-refractivity contribution in [1.29, 1.82) is 0 Å². The maximum absolute atomic E-state index is 12.2. The number of ether oxygens (including phenoxy) is 2. The summed E-state index contributed by atoms with van der Waals surface area (Å²) in [6.07, 6.45) is 3.88. The van der Waals surface area contributed by atoms with E-state index in [0.29, 0.717) is 31.5 Å². The molecule has 1 aromatic heterocycles. The molecule has 3 heterocycles. The Hall–Kier alpha value is -1.67. The Morgan fingerprint density at radius 3 is 2.78 bits per heavy atom. The van der Waals surface area contributed by atoms with E-state index in [9.17, 15) is 4.79 Å². The summed E-state index contributed by atoms with van der Waals surface area (Å²) >= 11 is 0. The van der Waals surface area contributed by atoms with E-state index in [2.05, 4.69) is 20.8 Å². The van der Waals surface area contributed by atoms with Crippen LogP contribution >= 0.6 is 0 Å². The summed E-state index contributed by atoms with van der Waals surface area (Å²) in [5.41, 5.74) is 0.